The number of allylic oxidation sites excluding steroid dienone is 1. The smallest absolute Gasteiger partial charge is 0.334 e. The summed E-state index contributed by atoms with van der Waals surface area (Å²) < 4.78 is 11.9. The normalized spacial score (nSPS) is 33.8. The topological polar surface area (TPSA) is 39.4 Å². The second-order valence-corrected chi connectivity index (χ2v) is 7.61. The van der Waals surface area contributed by atoms with Gasteiger partial charge in [-0.05, 0) is 44.6 Å². The molecule has 1 fully saturated rings. The third-order valence-corrected chi connectivity index (χ3v) is 6.47. The monoisotopic (exact) mass is 316 g/mol. The third-order valence-electron chi connectivity index (χ3n) is 6.47. The van der Waals surface area contributed by atoms with E-state index in [1.165, 1.54) is 19.3 Å². The Morgan fingerprint density at radius 2 is 2.17 bits per heavy atom. The first-order valence-electron chi connectivity index (χ1n) is 8.80. The Bertz CT molecular complexity index is 639. The third kappa shape index (κ3) is 2.45. The molecule has 23 heavy (non-hydrogen) atoms. The van der Waals surface area contributed by atoms with E-state index >= 15 is 0 Å². The highest BCUT2D eigenvalue weighted by atomic mass is 16.5. The lowest BCUT2D eigenvalue weighted by molar-refractivity contribution is -0.164. The highest BCUT2D eigenvalue weighted by Crippen LogP contribution is 2.59. The Labute approximate surface area is 139 Å². The number of rotatable bonds is 2. The van der Waals surface area contributed by atoms with Crippen molar-refractivity contribution in [1.29, 1.82) is 0 Å². The van der Waals surface area contributed by atoms with Gasteiger partial charge in [0.15, 0.2) is 0 Å². The molecule has 1 aromatic heterocycles. The second-order valence-electron chi connectivity index (χ2n) is 7.61. The zero-order valence-corrected chi connectivity index (χ0v) is 14.9. The molecule has 1 saturated carbocycles. The van der Waals surface area contributed by atoms with Crippen LogP contribution in [0.3, 0.4) is 0 Å². The van der Waals surface area contributed by atoms with E-state index < -0.39 is 0 Å². The molecule has 126 valence electrons. The standard InChI is InChI=1S/C20H28O3/c1-6-12(2)19(21)23-18-17-13(3)11-22-16(17)10-15-9-7-8-14(4)20(15,18)5/h6,11,14-15,18H,7-10H2,1-5H3/t14-,15-,18-,20+/m0/s1. The Morgan fingerprint density at radius 3 is 2.87 bits per heavy atom. The number of furan rings is 1. The maximum atomic E-state index is 12.5. The van der Waals surface area contributed by atoms with E-state index in [1.54, 1.807) is 0 Å². The summed E-state index contributed by atoms with van der Waals surface area (Å²) >= 11 is 0. The van der Waals surface area contributed by atoms with Gasteiger partial charge in [-0.25, -0.2) is 4.79 Å². The molecule has 0 amide bonds. The van der Waals surface area contributed by atoms with Crippen molar-refractivity contribution in [3.05, 3.63) is 34.8 Å². The van der Waals surface area contributed by atoms with Gasteiger partial charge >= 0.3 is 5.97 Å². The van der Waals surface area contributed by atoms with Crippen molar-refractivity contribution in [3.8, 4) is 0 Å². The van der Waals surface area contributed by atoms with Crippen LogP contribution in [0.15, 0.2) is 22.3 Å². The van der Waals surface area contributed by atoms with Gasteiger partial charge in [0.25, 0.3) is 0 Å². The largest absolute Gasteiger partial charge is 0.469 e. The first-order chi connectivity index (χ1) is 10.9. The molecule has 0 aliphatic heterocycles. The molecule has 2 aliphatic rings. The molecule has 0 N–H and O–H groups in total. The molecule has 0 spiro atoms. The number of fused-ring (bicyclic) bond motifs is 2. The average Bonchev–Trinajstić information content (AvgIpc) is 2.89. The van der Waals surface area contributed by atoms with Gasteiger partial charge in [-0.3, -0.25) is 0 Å². The molecule has 0 radical (unpaired) electrons. The molecule has 1 aromatic rings. The minimum Gasteiger partial charge on any atom is -0.469 e. The van der Waals surface area contributed by atoms with Gasteiger partial charge in [-0.1, -0.05) is 32.8 Å². The molecule has 0 saturated heterocycles. The number of hydrogen-bond acceptors (Lipinski definition) is 3. The molecule has 0 unspecified atom stereocenters. The van der Waals surface area contributed by atoms with Crippen molar-refractivity contribution in [2.75, 3.05) is 0 Å². The molecule has 3 nitrogen and oxygen atoms in total. The van der Waals surface area contributed by atoms with Gasteiger partial charge in [0.2, 0.25) is 0 Å². The predicted octanol–water partition coefficient (Wildman–Crippen LogP) is 5.14. The van der Waals surface area contributed by atoms with Crippen LogP contribution in [0.2, 0.25) is 0 Å². The molecule has 0 bridgehead atoms. The molecule has 1 heterocycles. The van der Waals surface area contributed by atoms with Crippen LogP contribution in [-0.2, 0) is 16.0 Å². The van der Waals surface area contributed by atoms with Crippen LogP contribution in [0.1, 0.15) is 69.9 Å². The first kappa shape index (κ1) is 16.4. The predicted molar refractivity (Wildman–Crippen MR) is 90.0 cm³/mol. The minimum absolute atomic E-state index is 0.0104. The lowest BCUT2D eigenvalue weighted by atomic mass is 9.54. The summed E-state index contributed by atoms with van der Waals surface area (Å²) in [5.41, 5.74) is 2.88. The van der Waals surface area contributed by atoms with Gasteiger partial charge in [0.1, 0.15) is 11.9 Å². The SMILES string of the molecule is CC=C(C)C(=O)O[C@H]1c2c(C)coc2C[C@@H]2CCC[C@H](C)[C@]21C. The fraction of sp³-hybridized carbons (Fsp3) is 0.650. The maximum Gasteiger partial charge on any atom is 0.334 e. The Kier molecular flexibility index (Phi) is 4.16. The van der Waals surface area contributed by atoms with Crippen molar-refractivity contribution in [2.24, 2.45) is 17.3 Å². The number of carbonyl (C=O) groups is 1. The van der Waals surface area contributed by atoms with E-state index in [4.69, 9.17) is 9.15 Å². The number of carbonyl (C=O) groups excluding carboxylic acids is 1. The summed E-state index contributed by atoms with van der Waals surface area (Å²) in [5, 5.41) is 0. The molecule has 2 aliphatic carbocycles. The lowest BCUT2D eigenvalue weighted by Gasteiger charge is -2.52. The summed E-state index contributed by atoms with van der Waals surface area (Å²) in [6.45, 7) is 10.4. The van der Waals surface area contributed by atoms with Crippen molar-refractivity contribution in [2.45, 2.75) is 66.4 Å². The van der Waals surface area contributed by atoms with E-state index in [0.29, 0.717) is 17.4 Å². The second kappa shape index (κ2) is 5.85. The van der Waals surface area contributed by atoms with Crippen LogP contribution in [0, 0.1) is 24.2 Å². The van der Waals surface area contributed by atoms with Crippen molar-refractivity contribution >= 4 is 5.97 Å². The summed E-state index contributed by atoms with van der Waals surface area (Å²) in [6, 6.07) is 0. The van der Waals surface area contributed by atoms with Gasteiger partial charge < -0.3 is 9.15 Å². The molecule has 3 heteroatoms. The fourth-order valence-corrected chi connectivity index (χ4v) is 4.55. The van der Waals surface area contributed by atoms with E-state index in [1.807, 2.05) is 26.2 Å². The van der Waals surface area contributed by atoms with Crippen LogP contribution in [0.5, 0.6) is 0 Å². The van der Waals surface area contributed by atoms with Gasteiger partial charge in [0, 0.05) is 23.0 Å². The minimum atomic E-state index is -0.205. The molecular weight excluding hydrogens is 288 g/mol. The molecule has 4 atom stereocenters. The highest BCUT2D eigenvalue weighted by Gasteiger charge is 2.54. The van der Waals surface area contributed by atoms with Gasteiger partial charge in [-0.15, -0.1) is 0 Å². The van der Waals surface area contributed by atoms with Crippen LogP contribution in [0.4, 0.5) is 0 Å². The van der Waals surface area contributed by atoms with E-state index in [0.717, 1.165) is 23.3 Å². The fourth-order valence-electron chi connectivity index (χ4n) is 4.55. The summed E-state index contributed by atoms with van der Waals surface area (Å²) in [5.74, 6) is 1.87. The Morgan fingerprint density at radius 1 is 1.43 bits per heavy atom. The highest BCUT2D eigenvalue weighted by molar-refractivity contribution is 5.87. The number of hydrogen-bond donors (Lipinski definition) is 0. The first-order valence-corrected chi connectivity index (χ1v) is 8.80. The maximum absolute atomic E-state index is 12.5. The Balaban J connectivity index is 2.06. The number of aryl methyl sites for hydroxylation is 1. The average molecular weight is 316 g/mol. The molecular formula is C20H28O3. The summed E-state index contributed by atoms with van der Waals surface area (Å²) in [6.07, 6.45) is 8.06. The van der Waals surface area contributed by atoms with Gasteiger partial charge in [-0.2, -0.15) is 0 Å². The lowest BCUT2D eigenvalue weighted by Crippen LogP contribution is -2.47. The Hall–Kier alpha value is -1.51. The molecule has 3 rings (SSSR count). The van der Waals surface area contributed by atoms with E-state index in [9.17, 15) is 4.79 Å². The number of ether oxygens (including phenoxy) is 1. The number of esters is 1. The van der Waals surface area contributed by atoms with Crippen LogP contribution < -0.4 is 0 Å². The van der Waals surface area contributed by atoms with Crippen LogP contribution in [0.25, 0.3) is 0 Å². The van der Waals surface area contributed by atoms with Crippen molar-refractivity contribution in [1.82, 2.24) is 0 Å². The van der Waals surface area contributed by atoms with E-state index in [2.05, 4.69) is 20.8 Å². The quantitative estimate of drug-likeness (QED) is 0.560. The zero-order valence-electron chi connectivity index (χ0n) is 14.9. The van der Waals surface area contributed by atoms with E-state index in [-0.39, 0.29) is 17.5 Å². The van der Waals surface area contributed by atoms with Gasteiger partial charge in [0.05, 0.1) is 6.26 Å². The summed E-state index contributed by atoms with van der Waals surface area (Å²) in [4.78, 5) is 12.5. The van der Waals surface area contributed by atoms with Crippen LogP contribution >= 0.6 is 0 Å². The zero-order chi connectivity index (χ0) is 16.8. The van der Waals surface area contributed by atoms with Crippen LogP contribution in [-0.4, -0.2) is 5.97 Å². The van der Waals surface area contributed by atoms with Crippen molar-refractivity contribution < 1.29 is 13.9 Å². The molecule has 0 aromatic carbocycles. The van der Waals surface area contributed by atoms with Crippen molar-refractivity contribution in [3.63, 3.8) is 0 Å². The summed E-state index contributed by atoms with van der Waals surface area (Å²) in [7, 11) is 0.